The fraction of sp³-hybridized carbons (Fsp3) is 1.00. The summed E-state index contributed by atoms with van der Waals surface area (Å²) in [6.45, 7) is 6.43. The monoisotopic (exact) mass is 172 g/mol. The first kappa shape index (κ1) is 9.96. The van der Waals surface area contributed by atoms with E-state index in [0.29, 0.717) is 12.5 Å². The zero-order valence-electron chi connectivity index (χ0n) is 8.01. The molecule has 0 spiro atoms. The fourth-order valence-corrected chi connectivity index (χ4v) is 1.79. The lowest BCUT2D eigenvalue weighted by Crippen LogP contribution is -2.45. The maximum atomic E-state index is 10.2. The molecule has 3 atom stereocenters. The van der Waals surface area contributed by atoms with Gasteiger partial charge in [0.1, 0.15) is 0 Å². The predicted molar refractivity (Wildman–Crippen MR) is 49.8 cm³/mol. The third-order valence-corrected chi connectivity index (χ3v) is 3.24. The number of aliphatic hydroxyl groups is 1. The van der Waals surface area contributed by atoms with Gasteiger partial charge in [-0.05, 0) is 32.4 Å². The molecule has 1 fully saturated rings. The molecule has 0 amide bonds. The van der Waals surface area contributed by atoms with Crippen molar-refractivity contribution >= 4 is 0 Å². The summed E-state index contributed by atoms with van der Waals surface area (Å²) < 4.78 is 0. The van der Waals surface area contributed by atoms with Gasteiger partial charge in [0.15, 0.2) is 0 Å². The van der Waals surface area contributed by atoms with Gasteiger partial charge in [-0.1, -0.05) is 6.92 Å². The second-order valence-electron chi connectivity index (χ2n) is 4.05. The van der Waals surface area contributed by atoms with Gasteiger partial charge in [-0.15, -0.1) is 0 Å². The van der Waals surface area contributed by atoms with E-state index < -0.39 is 5.60 Å². The second-order valence-corrected chi connectivity index (χ2v) is 4.05. The summed E-state index contributed by atoms with van der Waals surface area (Å²) in [7, 11) is 0. The summed E-state index contributed by atoms with van der Waals surface area (Å²) in [5.74, 6) is 0.554. The zero-order valence-corrected chi connectivity index (χ0v) is 8.01. The van der Waals surface area contributed by atoms with Crippen LogP contribution in [0.4, 0.5) is 0 Å². The zero-order chi connectivity index (χ0) is 9.19. The van der Waals surface area contributed by atoms with Crippen molar-refractivity contribution < 1.29 is 5.11 Å². The van der Waals surface area contributed by atoms with Gasteiger partial charge in [0.2, 0.25) is 0 Å². The molecule has 0 aliphatic carbocycles. The molecule has 1 aliphatic heterocycles. The van der Waals surface area contributed by atoms with Crippen molar-refractivity contribution in [2.45, 2.75) is 25.9 Å². The highest BCUT2D eigenvalue weighted by atomic mass is 16.3. The number of rotatable bonds is 3. The van der Waals surface area contributed by atoms with Gasteiger partial charge in [-0.3, -0.25) is 0 Å². The number of hydrogen-bond acceptors (Lipinski definition) is 3. The Morgan fingerprint density at radius 2 is 2.42 bits per heavy atom. The normalized spacial score (nSPS) is 31.5. The summed E-state index contributed by atoms with van der Waals surface area (Å²) in [5, 5.41) is 13.4. The van der Waals surface area contributed by atoms with Crippen LogP contribution in [0.25, 0.3) is 0 Å². The second kappa shape index (κ2) is 3.73. The lowest BCUT2D eigenvalue weighted by atomic mass is 9.79. The molecule has 1 rings (SSSR count). The lowest BCUT2D eigenvalue weighted by Gasteiger charge is -2.34. The average molecular weight is 172 g/mol. The molecule has 72 valence electrons. The molecule has 3 heteroatoms. The van der Waals surface area contributed by atoms with Gasteiger partial charge in [-0.2, -0.15) is 0 Å². The molecular formula is C9H20N2O. The van der Waals surface area contributed by atoms with Crippen molar-refractivity contribution in [2.75, 3.05) is 19.6 Å². The smallest absolute Gasteiger partial charge is 0.0697 e. The summed E-state index contributed by atoms with van der Waals surface area (Å²) in [4.78, 5) is 0. The Bertz CT molecular complexity index is 141. The van der Waals surface area contributed by atoms with Crippen LogP contribution in [-0.2, 0) is 0 Å². The van der Waals surface area contributed by atoms with Crippen molar-refractivity contribution in [1.29, 1.82) is 0 Å². The van der Waals surface area contributed by atoms with Crippen LogP contribution in [0.15, 0.2) is 0 Å². The fourth-order valence-electron chi connectivity index (χ4n) is 1.79. The van der Waals surface area contributed by atoms with Crippen molar-refractivity contribution in [1.82, 2.24) is 5.32 Å². The number of hydrogen-bond donors (Lipinski definition) is 3. The van der Waals surface area contributed by atoms with Crippen LogP contribution in [0.2, 0.25) is 0 Å². The van der Waals surface area contributed by atoms with E-state index in [1.165, 1.54) is 0 Å². The summed E-state index contributed by atoms with van der Waals surface area (Å²) in [6.07, 6.45) is 1.07. The highest BCUT2D eigenvalue weighted by Gasteiger charge is 2.37. The van der Waals surface area contributed by atoms with E-state index in [1.54, 1.807) is 0 Å². The number of nitrogens with two attached hydrogens (primary N) is 1. The van der Waals surface area contributed by atoms with Gasteiger partial charge in [0.25, 0.3) is 0 Å². The van der Waals surface area contributed by atoms with Gasteiger partial charge >= 0.3 is 0 Å². The van der Waals surface area contributed by atoms with Crippen LogP contribution >= 0.6 is 0 Å². The molecule has 0 aromatic rings. The van der Waals surface area contributed by atoms with Crippen LogP contribution in [0.5, 0.6) is 0 Å². The Hall–Kier alpha value is -0.120. The van der Waals surface area contributed by atoms with Crippen LogP contribution < -0.4 is 11.1 Å². The minimum absolute atomic E-state index is 0.183. The molecule has 12 heavy (non-hydrogen) atoms. The molecule has 4 N–H and O–H groups in total. The van der Waals surface area contributed by atoms with Crippen LogP contribution in [0.1, 0.15) is 20.3 Å². The molecule has 3 nitrogen and oxygen atoms in total. The van der Waals surface area contributed by atoms with E-state index >= 15 is 0 Å². The SMILES string of the molecule is CC(CN)C(C)(O)C1CCNC1. The average Bonchev–Trinajstić information content (AvgIpc) is 2.55. The first-order valence-corrected chi connectivity index (χ1v) is 4.72. The van der Waals surface area contributed by atoms with Crippen molar-refractivity contribution in [3.63, 3.8) is 0 Å². The van der Waals surface area contributed by atoms with E-state index in [0.717, 1.165) is 19.5 Å². The molecule has 1 heterocycles. The third kappa shape index (κ3) is 1.79. The van der Waals surface area contributed by atoms with Crippen LogP contribution in [0.3, 0.4) is 0 Å². The van der Waals surface area contributed by atoms with E-state index in [4.69, 9.17) is 5.73 Å². The molecule has 0 aromatic heterocycles. The highest BCUT2D eigenvalue weighted by Crippen LogP contribution is 2.29. The van der Waals surface area contributed by atoms with Crippen LogP contribution in [0, 0.1) is 11.8 Å². The first-order valence-electron chi connectivity index (χ1n) is 4.72. The highest BCUT2D eigenvalue weighted by molar-refractivity contribution is 4.91. The van der Waals surface area contributed by atoms with E-state index in [-0.39, 0.29) is 5.92 Å². The molecular weight excluding hydrogens is 152 g/mol. The molecule has 1 saturated heterocycles. The van der Waals surface area contributed by atoms with Crippen LogP contribution in [-0.4, -0.2) is 30.3 Å². The standard InChI is InChI=1S/C9H20N2O/c1-7(5-10)9(2,12)8-3-4-11-6-8/h7-8,11-12H,3-6,10H2,1-2H3. The lowest BCUT2D eigenvalue weighted by molar-refractivity contribution is -0.0379. The van der Waals surface area contributed by atoms with Gasteiger partial charge < -0.3 is 16.2 Å². The Kier molecular flexibility index (Phi) is 3.09. The van der Waals surface area contributed by atoms with E-state index in [2.05, 4.69) is 5.32 Å². The van der Waals surface area contributed by atoms with Crippen molar-refractivity contribution in [3.05, 3.63) is 0 Å². The quantitative estimate of drug-likeness (QED) is 0.559. The van der Waals surface area contributed by atoms with Crippen molar-refractivity contribution in [2.24, 2.45) is 17.6 Å². The molecule has 3 unspecified atom stereocenters. The largest absolute Gasteiger partial charge is 0.390 e. The predicted octanol–water partition coefficient (Wildman–Crippen LogP) is -0.0583. The van der Waals surface area contributed by atoms with Crippen molar-refractivity contribution in [3.8, 4) is 0 Å². The minimum atomic E-state index is -0.599. The molecule has 1 aliphatic rings. The Morgan fingerprint density at radius 3 is 2.83 bits per heavy atom. The number of nitrogens with one attached hydrogen (secondary N) is 1. The molecule has 0 saturated carbocycles. The topological polar surface area (TPSA) is 58.3 Å². The first-order chi connectivity index (χ1) is 5.59. The van der Waals surface area contributed by atoms with E-state index in [1.807, 2.05) is 13.8 Å². The third-order valence-electron chi connectivity index (χ3n) is 3.24. The molecule has 0 aromatic carbocycles. The summed E-state index contributed by atoms with van der Waals surface area (Å²) >= 11 is 0. The van der Waals surface area contributed by atoms with Gasteiger partial charge in [0, 0.05) is 12.5 Å². The molecule has 0 radical (unpaired) electrons. The van der Waals surface area contributed by atoms with E-state index in [9.17, 15) is 5.11 Å². The molecule has 0 bridgehead atoms. The minimum Gasteiger partial charge on any atom is -0.390 e. The Morgan fingerprint density at radius 1 is 1.75 bits per heavy atom. The maximum absolute atomic E-state index is 10.2. The van der Waals surface area contributed by atoms with Gasteiger partial charge in [0.05, 0.1) is 5.60 Å². The van der Waals surface area contributed by atoms with Gasteiger partial charge in [-0.25, -0.2) is 0 Å². The summed E-state index contributed by atoms with van der Waals surface area (Å²) in [5.41, 5.74) is 4.95. The Labute approximate surface area is 74.3 Å². The maximum Gasteiger partial charge on any atom is 0.0697 e. The summed E-state index contributed by atoms with van der Waals surface area (Å²) in [6, 6.07) is 0. The Balaban J connectivity index is 2.56.